The zero-order valence-corrected chi connectivity index (χ0v) is 13.0. The summed E-state index contributed by atoms with van der Waals surface area (Å²) in [6.07, 6.45) is 5.54. The first kappa shape index (κ1) is 14.3. The molecule has 1 N–H and O–H groups in total. The molecule has 0 spiro atoms. The van der Waals surface area contributed by atoms with Crippen molar-refractivity contribution < 1.29 is 0 Å². The van der Waals surface area contributed by atoms with E-state index >= 15 is 0 Å². The van der Waals surface area contributed by atoms with Crippen LogP contribution in [0.15, 0.2) is 0 Å². The second kappa shape index (κ2) is 5.50. The van der Waals surface area contributed by atoms with Gasteiger partial charge in [0, 0.05) is 30.7 Å². The average Bonchev–Trinajstić information content (AvgIpc) is 2.28. The number of rotatable bonds is 2. The molecule has 0 bridgehead atoms. The van der Waals surface area contributed by atoms with E-state index in [1.807, 2.05) is 0 Å². The lowest BCUT2D eigenvalue weighted by Gasteiger charge is -2.51. The molecule has 18 heavy (non-hydrogen) atoms. The van der Waals surface area contributed by atoms with Crippen LogP contribution in [0.3, 0.4) is 0 Å². The fraction of sp³-hybridized carbons (Fsp3) is 1.00. The lowest BCUT2D eigenvalue weighted by atomic mass is 9.77. The van der Waals surface area contributed by atoms with Crippen molar-refractivity contribution in [3.8, 4) is 0 Å². The van der Waals surface area contributed by atoms with E-state index in [9.17, 15) is 0 Å². The minimum absolute atomic E-state index is 0.286. The summed E-state index contributed by atoms with van der Waals surface area (Å²) in [6.45, 7) is 14.3. The van der Waals surface area contributed by atoms with Gasteiger partial charge in [-0.25, -0.2) is 0 Å². The molecule has 1 aliphatic heterocycles. The van der Waals surface area contributed by atoms with E-state index in [2.05, 4.69) is 44.8 Å². The fourth-order valence-electron chi connectivity index (χ4n) is 4.06. The molecule has 1 saturated carbocycles. The second-order valence-electron chi connectivity index (χ2n) is 7.46. The Morgan fingerprint density at radius 2 is 1.94 bits per heavy atom. The molecule has 2 nitrogen and oxygen atoms in total. The van der Waals surface area contributed by atoms with Crippen molar-refractivity contribution in [2.24, 2.45) is 11.8 Å². The average molecular weight is 252 g/mol. The molecule has 4 atom stereocenters. The molecule has 0 radical (unpaired) electrons. The van der Waals surface area contributed by atoms with E-state index < -0.39 is 0 Å². The molecule has 2 aliphatic rings. The number of nitrogens with one attached hydrogen (secondary N) is 1. The molecule has 106 valence electrons. The van der Waals surface area contributed by atoms with Crippen LogP contribution in [0, 0.1) is 11.8 Å². The summed E-state index contributed by atoms with van der Waals surface area (Å²) in [4.78, 5) is 2.84. The van der Waals surface area contributed by atoms with Crippen molar-refractivity contribution >= 4 is 0 Å². The van der Waals surface area contributed by atoms with E-state index in [0.29, 0.717) is 0 Å². The highest BCUT2D eigenvalue weighted by Gasteiger charge is 2.38. The van der Waals surface area contributed by atoms with Crippen LogP contribution in [0.5, 0.6) is 0 Å². The van der Waals surface area contributed by atoms with Gasteiger partial charge in [0.15, 0.2) is 0 Å². The van der Waals surface area contributed by atoms with E-state index in [0.717, 1.165) is 23.9 Å². The largest absolute Gasteiger partial charge is 0.309 e. The van der Waals surface area contributed by atoms with Gasteiger partial charge in [0.2, 0.25) is 0 Å². The van der Waals surface area contributed by atoms with E-state index in [1.165, 1.54) is 38.8 Å². The number of hydrogen-bond donors (Lipinski definition) is 1. The Morgan fingerprint density at radius 3 is 2.56 bits per heavy atom. The first-order valence-corrected chi connectivity index (χ1v) is 7.93. The number of hydrogen-bond acceptors (Lipinski definition) is 2. The minimum Gasteiger partial charge on any atom is -0.309 e. The summed E-state index contributed by atoms with van der Waals surface area (Å²) in [5, 5.41) is 3.71. The normalized spacial score (nSPS) is 41.8. The van der Waals surface area contributed by atoms with Gasteiger partial charge < -0.3 is 5.32 Å². The Kier molecular flexibility index (Phi) is 4.38. The SMILES string of the molecule is CCC1CNC(C)(C)CN1C1CCC(C)CC1C. The van der Waals surface area contributed by atoms with Gasteiger partial charge in [-0.3, -0.25) is 4.90 Å². The highest BCUT2D eigenvalue weighted by Crippen LogP contribution is 2.34. The molecule has 1 saturated heterocycles. The van der Waals surface area contributed by atoms with Crippen LogP contribution in [0.4, 0.5) is 0 Å². The fourth-order valence-corrected chi connectivity index (χ4v) is 4.06. The minimum atomic E-state index is 0.286. The molecule has 4 unspecified atom stereocenters. The monoisotopic (exact) mass is 252 g/mol. The van der Waals surface area contributed by atoms with Crippen LogP contribution < -0.4 is 5.32 Å². The van der Waals surface area contributed by atoms with Crippen LogP contribution in [0.2, 0.25) is 0 Å². The van der Waals surface area contributed by atoms with Crippen molar-refractivity contribution in [2.45, 2.75) is 77.9 Å². The number of piperazine rings is 1. The summed E-state index contributed by atoms with van der Waals surface area (Å²) in [5.74, 6) is 1.81. The highest BCUT2D eigenvalue weighted by atomic mass is 15.3. The second-order valence-corrected chi connectivity index (χ2v) is 7.46. The van der Waals surface area contributed by atoms with Crippen LogP contribution >= 0.6 is 0 Å². The first-order chi connectivity index (χ1) is 8.43. The Hall–Kier alpha value is -0.0800. The Labute approximate surface area is 114 Å². The van der Waals surface area contributed by atoms with E-state index in [-0.39, 0.29) is 5.54 Å². The zero-order valence-electron chi connectivity index (χ0n) is 13.0. The lowest BCUT2D eigenvalue weighted by Crippen LogP contribution is -2.65. The zero-order chi connectivity index (χ0) is 13.3. The quantitative estimate of drug-likeness (QED) is 0.811. The van der Waals surface area contributed by atoms with Gasteiger partial charge in [-0.2, -0.15) is 0 Å². The van der Waals surface area contributed by atoms with Gasteiger partial charge in [-0.05, 0) is 51.4 Å². The third-order valence-electron chi connectivity index (χ3n) is 5.15. The Balaban J connectivity index is 2.08. The Morgan fingerprint density at radius 1 is 1.22 bits per heavy atom. The van der Waals surface area contributed by atoms with Gasteiger partial charge in [-0.1, -0.05) is 20.8 Å². The summed E-state index contributed by atoms with van der Waals surface area (Å²) in [5.41, 5.74) is 0.286. The van der Waals surface area contributed by atoms with Crippen molar-refractivity contribution in [3.63, 3.8) is 0 Å². The lowest BCUT2D eigenvalue weighted by molar-refractivity contribution is 0.00666. The summed E-state index contributed by atoms with van der Waals surface area (Å²) in [6, 6.07) is 1.58. The van der Waals surface area contributed by atoms with Crippen LogP contribution in [0.1, 0.15) is 60.3 Å². The van der Waals surface area contributed by atoms with Crippen LogP contribution in [-0.2, 0) is 0 Å². The molecule has 1 aliphatic carbocycles. The summed E-state index contributed by atoms with van der Waals surface area (Å²) < 4.78 is 0. The predicted octanol–water partition coefficient (Wildman–Crippen LogP) is 3.27. The topological polar surface area (TPSA) is 15.3 Å². The van der Waals surface area contributed by atoms with Gasteiger partial charge in [0.1, 0.15) is 0 Å². The molecule has 2 fully saturated rings. The standard InChI is InChI=1S/C16H32N2/c1-6-14-10-17-16(4,5)11-18(14)15-8-7-12(2)9-13(15)3/h12-15,17H,6-11H2,1-5H3. The summed E-state index contributed by atoms with van der Waals surface area (Å²) >= 11 is 0. The van der Waals surface area contributed by atoms with Gasteiger partial charge in [0.05, 0.1) is 0 Å². The maximum atomic E-state index is 3.71. The van der Waals surface area contributed by atoms with Gasteiger partial charge >= 0.3 is 0 Å². The summed E-state index contributed by atoms with van der Waals surface area (Å²) in [7, 11) is 0. The highest BCUT2D eigenvalue weighted by molar-refractivity contribution is 4.96. The van der Waals surface area contributed by atoms with Crippen molar-refractivity contribution in [1.29, 1.82) is 0 Å². The maximum absolute atomic E-state index is 3.71. The third-order valence-corrected chi connectivity index (χ3v) is 5.15. The predicted molar refractivity (Wildman–Crippen MR) is 78.8 cm³/mol. The van der Waals surface area contributed by atoms with Crippen LogP contribution in [-0.4, -0.2) is 35.6 Å². The molecule has 0 aromatic carbocycles. The molecule has 0 aromatic rings. The Bertz CT molecular complexity index is 274. The van der Waals surface area contributed by atoms with Gasteiger partial charge in [0.25, 0.3) is 0 Å². The molecule has 2 heteroatoms. The van der Waals surface area contributed by atoms with Crippen LogP contribution in [0.25, 0.3) is 0 Å². The number of nitrogens with zero attached hydrogens (tertiary/aromatic N) is 1. The van der Waals surface area contributed by atoms with Crippen molar-refractivity contribution in [3.05, 3.63) is 0 Å². The molecular formula is C16H32N2. The molecule has 1 heterocycles. The van der Waals surface area contributed by atoms with E-state index in [1.54, 1.807) is 0 Å². The molecular weight excluding hydrogens is 220 g/mol. The van der Waals surface area contributed by atoms with Gasteiger partial charge in [-0.15, -0.1) is 0 Å². The third kappa shape index (κ3) is 3.08. The molecule has 0 aromatic heterocycles. The molecule has 2 rings (SSSR count). The smallest absolute Gasteiger partial charge is 0.0253 e. The maximum Gasteiger partial charge on any atom is 0.0253 e. The van der Waals surface area contributed by atoms with E-state index in [4.69, 9.17) is 0 Å². The molecule has 0 amide bonds. The van der Waals surface area contributed by atoms with Crippen molar-refractivity contribution in [1.82, 2.24) is 10.2 Å². The first-order valence-electron chi connectivity index (χ1n) is 7.93. The van der Waals surface area contributed by atoms with Crippen molar-refractivity contribution in [2.75, 3.05) is 13.1 Å².